The number of benzene rings is 1. The van der Waals surface area contributed by atoms with Crippen LogP contribution < -0.4 is 0 Å². The lowest BCUT2D eigenvalue weighted by Crippen LogP contribution is -2.20. The molecule has 5 heteroatoms. The van der Waals surface area contributed by atoms with Gasteiger partial charge in [0.15, 0.2) is 11.7 Å². The standard InChI is InChI=1S/C16H15N3O2/c1-19-14-5-3-2-4-13(14)18-16(19)12(10-17)15(20)11-6-8-21-9-7-11/h2-6,12H,7-9H2,1H3. The number of ether oxygens (including phenoxy) is 1. The second-order valence-corrected chi connectivity index (χ2v) is 5.00. The summed E-state index contributed by atoms with van der Waals surface area (Å²) < 4.78 is 7.03. The predicted octanol–water partition coefficient (Wildman–Crippen LogP) is 2.10. The number of fused-ring (bicyclic) bond motifs is 1. The average molecular weight is 281 g/mol. The number of aromatic nitrogens is 2. The molecular weight excluding hydrogens is 266 g/mol. The largest absolute Gasteiger partial charge is 0.377 e. The van der Waals surface area contributed by atoms with Crippen LogP contribution in [0.3, 0.4) is 0 Å². The molecule has 0 fully saturated rings. The fraction of sp³-hybridized carbons (Fsp3) is 0.312. The molecular formula is C16H15N3O2. The maximum absolute atomic E-state index is 12.6. The first-order valence-corrected chi connectivity index (χ1v) is 6.84. The van der Waals surface area contributed by atoms with Gasteiger partial charge in [0.25, 0.3) is 0 Å². The minimum atomic E-state index is -0.869. The molecule has 1 atom stereocenters. The van der Waals surface area contributed by atoms with Gasteiger partial charge in [0.2, 0.25) is 0 Å². The first-order chi connectivity index (χ1) is 10.2. The van der Waals surface area contributed by atoms with Crippen LogP contribution in [0.15, 0.2) is 35.9 Å². The fourth-order valence-electron chi connectivity index (χ4n) is 2.59. The molecule has 21 heavy (non-hydrogen) atoms. The summed E-state index contributed by atoms with van der Waals surface area (Å²) >= 11 is 0. The van der Waals surface area contributed by atoms with Gasteiger partial charge in [-0.2, -0.15) is 5.26 Å². The van der Waals surface area contributed by atoms with E-state index in [-0.39, 0.29) is 5.78 Å². The number of hydrogen-bond donors (Lipinski definition) is 0. The molecule has 106 valence electrons. The van der Waals surface area contributed by atoms with Gasteiger partial charge in [0.1, 0.15) is 5.82 Å². The van der Waals surface area contributed by atoms with Gasteiger partial charge in [-0.05, 0) is 24.1 Å². The fourth-order valence-corrected chi connectivity index (χ4v) is 2.59. The van der Waals surface area contributed by atoms with Crippen molar-refractivity contribution in [1.29, 1.82) is 5.26 Å². The normalized spacial score (nSPS) is 16.3. The summed E-state index contributed by atoms with van der Waals surface area (Å²) in [4.78, 5) is 17.0. The number of Topliss-reactive ketones (excluding diaryl/α,β-unsaturated/α-hetero) is 1. The molecule has 2 heterocycles. The molecule has 1 unspecified atom stereocenters. The van der Waals surface area contributed by atoms with Crippen LogP contribution in [-0.4, -0.2) is 28.5 Å². The SMILES string of the molecule is Cn1c(C(C#N)C(=O)C2=CCOCC2)nc2ccccc21. The molecule has 2 aromatic rings. The van der Waals surface area contributed by atoms with Gasteiger partial charge in [0, 0.05) is 7.05 Å². The summed E-state index contributed by atoms with van der Waals surface area (Å²) in [6.45, 7) is 0.958. The summed E-state index contributed by atoms with van der Waals surface area (Å²) in [5.74, 6) is -0.540. The van der Waals surface area contributed by atoms with Gasteiger partial charge < -0.3 is 9.30 Å². The van der Waals surface area contributed by atoms with Crippen molar-refractivity contribution in [3.63, 3.8) is 0 Å². The van der Waals surface area contributed by atoms with Crippen molar-refractivity contribution >= 4 is 16.8 Å². The Morgan fingerprint density at radius 3 is 2.95 bits per heavy atom. The first kappa shape index (κ1) is 13.5. The van der Waals surface area contributed by atoms with Crippen LogP contribution in [0.5, 0.6) is 0 Å². The molecule has 0 radical (unpaired) electrons. The number of para-hydroxylation sites is 2. The number of rotatable bonds is 3. The lowest BCUT2D eigenvalue weighted by molar-refractivity contribution is -0.116. The highest BCUT2D eigenvalue weighted by molar-refractivity contribution is 6.02. The van der Waals surface area contributed by atoms with E-state index >= 15 is 0 Å². The summed E-state index contributed by atoms with van der Waals surface area (Å²) in [5, 5.41) is 9.45. The van der Waals surface area contributed by atoms with E-state index in [1.54, 1.807) is 6.08 Å². The number of ketones is 1. The molecule has 3 rings (SSSR count). The lowest BCUT2D eigenvalue weighted by atomic mass is 9.95. The zero-order chi connectivity index (χ0) is 14.8. The Bertz CT molecular complexity index is 767. The van der Waals surface area contributed by atoms with Crippen molar-refractivity contribution in [2.24, 2.45) is 7.05 Å². The van der Waals surface area contributed by atoms with Crippen LogP contribution in [0.4, 0.5) is 0 Å². The van der Waals surface area contributed by atoms with Crippen LogP contribution in [0.2, 0.25) is 0 Å². The number of nitriles is 1. The van der Waals surface area contributed by atoms with E-state index in [9.17, 15) is 10.1 Å². The monoisotopic (exact) mass is 281 g/mol. The lowest BCUT2D eigenvalue weighted by Gasteiger charge is -2.15. The number of hydrogen-bond acceptors (Lipinski definition) is 4. The molecule has 0 saturated carbocycles. The van der Waals surface area contributed by atoms with Crippen LogP contribution in [-0.2, 0) is 16.6 Å². The number of aryl methyl sites for hydroxylation is 1. The molecule has 0 N–H and O–H groups in total. The minimum Gasteiger partial charge on any atom is -0.377 e. The molecule has 0 aliphatic carbocycles. The summed E-state index contributed by atoms with van der Waals surface area (Å²) in [5.41, 5.74) is 2.38. The van der Waals surface area contributed by atoms with Crippen molar-refractivity contribution in [1.82, 2.24) is 9.55 Å². The zero-order valence-electron chi connectivity index (χ0n) is 11.7. The predicted molar refractivity (Wildman–Crippen MR) is 77.6 cm³/mol. The van der Waals surface area contributed by atoms with Crippen LogP contribution in [0, 0.1) is 11.3 Å². The van der Waals surface area contributed by atoms with Crippen molar-refractivity contribution in [3.8, 4) is 6.07 Å². The number of carbonyl (C=O) groups excluding carboxylic acids is 1. The third-order valence-electron chi connectivity index (χ3n) is 3.75. The topological polar surface area (TPSA) is 67.9 Å². The summed E-state index contributed by atoms with van der Waals surface area (Å²) in [6.07, 6.45) is 2.32. The van der Waals surface area contributed by atoms with Gasteiger partial charge in [-0.1, -0.05) is 18.2 Å². The Morgan fingerprint density at radius 1 is 1.48 bits per heavy atom. The molecule has 1 aliphatic heterocycles. The van der Waals surface area contributed by atoms with Crippen molar-refractivity contribution in [2.75, 3.05) is 13.2 Å². The quantitative estimate of drug-likeness (QED) is 0.864. The number of carbonyl (C=O) groups is 1. The van der Waals surface area contributed by atoms with Gasteiger partial charge in [-0.3, -0.25) is 4.79 Å². The van der Waals surface area contributed by atoms with Crippen LogP contribution >= 0.6 is 0 Å². The van der Waals surface area contributed by atoms with Crippen LogP contribution in [0.25, 0.3) is 11.0 Å². The van der Waals surface area contributed by atoms with E-state index in [0.29, 0.717) is 31.0 Å². The van der Waals surface area contributed by atoms with Gasteiger partial charge in [-0.15, -0.1) is 0 Å². The minimum absolute atomic E-state index is 0.167. The van der Waals surface area contributed by atoms with Crippen molar-refractivity contribution in [3.05, 3.63) is 41.7 Å². The second-order valence-electron chi connectivity index (χ2n) is 5.00. The molecule has 5 nitrogen and oxygen atoms in total. The van der Waals surface area contributed by atoms with E-state index in [1.807, 2.05) is 35.9 Å². The van der Waals surface area contributed by atoms with E-state index in [2.05, 4.69) is 11.1 Å². The Balaban J connectivity index is 2.02. The van der Waals surface area contributed by atoms with E-state index < -0.39 is 5.92 Å². The zero-order valence-corrected chi connectivity index (χ0v) is 11.7. The maximum atomic E-state index is 12.6. The first-order valence-electron chi connectivity index (χ1n) is 6.84. The maximum Gasteiger partial charge on any atom is 0.183 e. The summed E-state index contributed by atoms with van der Waals surface area (Å²) in [7, 11) is 1.83. The molecule has 1 aliphatic rings. The third-order valence-corrected chi connectivity index (χ3v) is 3.75. The Hall–Kier alpha value is -2.45. The highest BCUT2D eigenvalue weighted by atomic mass is 16.5. The molecule has 0 spiro atoms. The van der Waals surface area contributed by atoms with Crippen molar-refractivity contribution in [2.45, 2.75) is 12.3 Å². The Morgan fingerprint density at radius 2 is 2.29 bits per heavy atom. The smallest absolute Gasteiger partial charge is 0.183 e. The van der Waals surface area contributed by atoms with E-state index in [4.69, 9.17) is 4.74 Å². The highest BCUT2D eigenvalue weighted by Gasteiger charge is 2.28. The van der Waals surface area contributed by atoms with Crippen LogP contribution in [0.1, 0.15) is 18.2 Å². The van der Waals surface area contributed by atoms with Gasteiger partial charge in [-0.25, -0.2) is 4.98 Å². The van der Waals surface area contributed by atoms with Gasteiger partial charge >= 0.3 is 0 Å². The molecule has 0 saturated heterocycles. The van der Waals surface area contributed by atoms with E-state index in [0.717, 1.165) is 11.0 Å². The third kappa shape index (κ3) is 2.34. The molecule has 1 aromatic heterocycles. The number of nitrogens with zero attached hydrogens (tertiary/aromatic N) is 3. The molecule has 1 aromatic carbocycles. The molecule has 0 bridgehead atoms. The second kappa shape index (κ2) is 5.51. The molecule has 0 amide bonds. The van der Waals surface area contributed by atoms with Crippen molar-refractivity contribution < 1.29 is 9.53 Å². The summed E-state index contributed by atoms with van der Waals surface area (Å²) in [6, 6.07) is 9.72. The van der Waals surface area contributed by atoms with Gasteiger partial charge in [0.05, 0.1) is 30.3 Å². The Kier molecular flexibility index (Phi) is 3.55. The van der Waals surface area contributed by atoms with E-state index in [1.165, 1.54) is 0 Å². The average Bonchev–Trinajstić information content (AvgIpc) is 2.86. The Labute approximate surface area is 122 Å². The highest BCUT2D eigenvalue weighted by Crippen LogP contribution is 2.25. The number of imidazole rings is 1.